The van der Waals surface area contributed by atoms with Gasteiger partial charge in [-0.05, 0) is 48.8 Å². The van der Waals surface area contributed by atoms with Gasteiger partial charge in [0.2, 0.25) is 11.8 Å². The molecule has 150 valence electrons. The molecule has 5 heteroatoms. The molecular formula is C23H30N2O3. The second-order valence-corrected chi connectivity index (χ2v) is 8.26. The van der Waals surface area contributed by atoms with Crippen molar-refractivity contribution in [2.75, 3.05) is 13.2 Å². The molecule has 1 heterocycles. The number of likely N-dealkylation sites (tertiary alicyclic amines) is 1. The van der Waals surface area contributed by atoms with E-state index in [-0.39, 0.29) is 42.3 Å². The van der Waals surface area contributed by atoms with Crippen molar-refractivity contribution in [3.8, 4) is 0 Å². The first-order valence-corrected chi connectivity index (χ1v) is 10.6. The van der Waals surface area contributed by atoms with E-state index in [1.54, 1.807) is 0 Å². The molecule has 0 radical (unpaired) electrons. The van der Waals surface area contributed by atoms with Crippen LogP contribution in [0, 0.1) is 5.92 Å². The van der Waals surface area contributed by atoms with Crippen LogP contribution in [0.1, 0.15) is 62.5 Å². The first-order valence-electron chi connectivity index (χ1n) is 10.6. The summed E-state index contributed by atoms with van der Waals surface area (Å²) in [6, 6.07) is 8.30. The molecule has 1 aromatic carbocycles. The van der Waals surface area contributed by atoms with Crippen LogP contribution in [0.5, 0.6) is 0 Å². The van der Waals surface area contributed by atoms with Crippen LogP contribution in [0.15, 0.2) is 30.3 Å². The molecule has 2 amide bonds. The lowest BCUT2D eigenvalue weighted by Crippen LogP contribution is -2.68. The van der Waals surface area contributed by atoms with E-state index >= 15 is 0 Å². The van der Waals surface area contributed by atoms with Crippen molar-refractivity contribution < 1.29 is 14.7 Å². The third kappa shape index (κ3) is 3.60. The monoisotopic (exact) mass is 382 g/mol. The molecule has 1 aliphatic heterocycles. The van der Waals surface area contributed by atoms with E-state index < -0.39 is 0 Å². The van der Waals surface area contributed by atoms with E-state index in [2.05, 4.69) is 35.7 Å². The van der Waals surface area contributed by atoms with Gasteiger partial charge in [0.25, 0.3) is 0 Å². The number of rotatable bonds is 7. The van der Waals surface area contributed by atoms with Gasteiger partial charge in [-0.25, -0.2) is 0 Å². The van der Waals surface area contributed by atoms with Crippen molar-refractivity contribution in [2.45, 2.75) is 63.5 Å². The van der Waals surface area contributed by atoms with Gasteiger partial charge in [-0.1, -0.05) is 37.3 Å². The molecule has 28 heavy (non-hydrogen) atoms. The summed E-state index contributed by atoms with van der Waals surface area (Å²) in [6.07, 6.45) is 8.14. The van der Waals surface area contributed by atoms with Gasteiger partial charge in [0.1, 0.15) is 0 Å². The maximum absolute atomic E-state index is 12.8. The van der Waals surface area contributed by atoms with Gasteiger partial charge >= 0.3 is 0 Å². The number of hydrogen-bond acceptors (Lipinski definition) is 3. The number of allylic oxidation sites excluding steroid dienone is 2. The molecule has 4 rings (SSSR count). The first kappa shape index (κ1) is 19.2. The van der Waals surface area contributed by atoms with Crippen molar-refractivity contribution in [1.82, 2.24) is 10.2 Å². The minimum atomic E-state index is -0.201. The Morgan fingerprint density at radius 3 is 2.50 bits per heavy atom. The average Bonchev–Trinajstić information content (AvgIpc) is 3.42. The largest absolute Gasteiger partial charge is 0.394 e. The second kappa shape index (κ2) is 8.08. The molecule has 0 spiro atoms. The Morgan fingerprint density at radius 1 is 1.18 bits per heavy atom. The standard InChI is InChI=1S/C23H30N2O3/c1-2-21(27)24-13-19-22(20(14-26)25(19)23(28)18-11-12-18)17-9-7-16(8-10-17)15-5-3-4-6-15/h5,7-10,18-20,22,26H,2-4,6,11-14H2,1H3,(H,24,27)/t19-,20-,22+/m1/s1. The van der Waals surface area contributed by atoms with Crippen molar-refractivity contribution in [2.24, 2.45) is 5.92 Å². The summed E-state index contributed by atoms with van der Waals surface area (Å²) in [6.45, 7) is 2.22. The zero-order valence-electron chi connectivity index (χ0n) is 16.6. The highest BCUT2D eigenvalue weighted by molar-refractivity contribution is 5.83. The number of aliphatic hydroxyl groups is 1. The van der Waals surface area contributed by atoms with Gasteiger partial charge in [-0.15, -0.1) is 0 Å². The van der Waals surface area contributed by atoms with Crippen LogP contribution >= 0.6 is 0 Å². The highest BCUT2D eigenvalue weighted by Crippen LogP contribution is 2.44. The molecule has 0 bridgehead atoms. The van der Waals surface area contributed by atoms with Gasteiger partial charge < -0.3 is 15.3 Å². The zero-order chi connectivity index (χ0) is 19.7. The van der Waals surface area contributed by atoms with E-state index in [4.69, 9.17) is 0 Å². The number of nitrogens with one attached hydrogen (secondary N) is 1. The molecular weight excluding hydrogens is 352 g/mol. The summed E-state index contributed by atoms with van der Waals surface area (Å²) in [4.78, 5) is 26.4. The van der Waals surface area contributed by atoms with Crippen LogP contribution < -0.4 is 5.32 Å². The quantitative estimate of drug-likeness (QED) is 0.762. The van der Waals surface area contributed by atoms with Gasteiger partial charge in [-0.3, -0.25) is 9.59 Å². The predicted octanol–water partition coefficient (Wildman–Crippen LogP) is 2.85. The topological polar surface area (TPSA) is 69.6 Å². The number of amides is 2. The normalized spacial score (nSPS) is 26.6. The van der Waals surface area contributed by atoms with Crippen LogP contribution in [0.25, 0.3) is 5.57 Å². The highest BCUT2D eigenvalue weighted by atomic mass is 16.3. The summed E-state index contributed by atoms with van der Waals surface area (Å²) in [5.74, 6) is 0.292. The molecule has 2 fully saturated rings. The first-order chi connectivity index (χ1) is 13.6. The Bertz CT molecular complexity index is 767. The Balaban J connectivity index is 1.55. The maximum atomic E-state index is 12.8. The number of hydrogen-bond donors (Lipinski definition) is 2. The molecule has 0 aromatic heterocycles. The Kier molecular flexibility index (Phi) is 5.54. The fraction of sp³-hybridized carbons (Fsp3) is 0.565. The van der Waals surface area contributed by atoms with E-state index in [1.165, 1.54) is 17.6 Å². The molecule has 1 saturated heterocycles. The summed E-state index contributed by atoms with van der Waals surface area (Å²) < 4.78 is 0. The lowest BCUT2D eigenvalue weighted by molar-refractivity contribution is -0.152. The second-order valence-electron chi connectivity index (χ2n) is 8.26. The number of aliphatic hydroxyl groups excluding tert-OH is 1. The predicted molar refractivity (Wildman–Crippen MR) is 109 cm³/mol. The molecule has 5 nitrogen and oxygen atoms in total. The fourth-order valence-corrected chi connectivity index (χ4v) is 4.68. The van der Waals surface area contributed by atoms with Crippen molar-refractivity contribution in [3.63, 3.8) is 0 Å². The number of nitrogens with zero attached hydrogens (tertiary/aromatic N) is 1. The summed E-state index contributed by atoms with van der Waals surface area (Å²) >= 11 is 0. The molecule has 1 saturated carbocycles. The number of benzene rings is 1. The molecule has 2 aliphatic carbocycles. The zero-order valence-corrected chi connectivity index (χ0v) is 16.6. The Hall–Kier alpha value is -2.14. The van der Waals surface area contributed by atoms with Gasteiger partial charge in [0.05, 0.1) is 18.7 Å². The van der Waals surface area contributed by atoms with Crippen molar-refractivity contribution in [3.05, 3.63) is 41.5 Å². The van der Waals surface area contributed by atoms with Crippen LogP contribution in [0.4, 0.5) is 0 Å². The molecule has 0 unspecified atom stereocenters. The van der Waals surface area contributed by atoms with Crippen LogP contribution in [0.3, 0.4) is 0 Å². The third-order valence-corrected chi connectivity index (χ3v) is 6.45. The van der Waals surface area contributed by atoms with Gasteiger partial charge in [0, 0.05) is 24.8 Å². The third-order valence-electron chi connectivity index (χ3n) is 6.45. The lowest BCUT2D eigenvalue weighted by Gasteiger charge is -2.55. The van der Waals surface area contributed by atoms with Crippen molar-refractivity contribution in [1.29, 1.82) is 0 Å². The van der Waals surface area contributed by atoms with E-state index in [0.717, 1.165) is 31.2 Å². The lowest BCUT2D eigenvalue weighted by atomic mass is 9.74. The van der Waals surface area contributed by atoms with Crippen LogP contribution in [-0.4, -0.2) is 47.1 Å². The van der Waals surface area contributed by atoms with Gasteiger partial charge in [-0.2, -0.15) is 0 Å². The average molecular weight is 383 g/mol. The van der Waals surface area contributed by atoms with Crippen LogP contribution in [-0.2, 0) is 9.59 Å². The summed E-state index contributed by atoms with van der Waals surface area (Å²) in [5.41, 5.74) is 3.82. The fourth-order valence-electron chi connectivity index (χ4n) is 4.68. The smallest absolute Gasteiger partial charge is 0.226 e. The molecule has 3 aliphatic rings. The maximum Gasteiger partial charge on any atom is 0.226 e. The summed E-state index contributed by atoms with van der Waals surface area (Å²) in [7, 11) is 0. The van der Waals surface area contributed by atoms with Crippen molar-refractivity contribution >= 4 is 17.4 Å². The minimum absolute atomic E-state index is 0.00598. The Morgan fingerprint density at radius 2 is 1.93 bits per heavy atom. The van der Waals surface area contributed by atoms with Crippen LogP contribution in [0.2, 0.25) is 0 Å². The van der Waals surface area contributed by atoms with E-state index in [1.807, 2.05) is 11.8 Å². The SMILES string of the molecule is CCC(=O)NC[C@@H]1[C@H](c2ccc(C3=CCCC3)cc2)[C@@H](CO)N1C(=O)C1CC1. The number of carbonyl (C=O) groups is 2. The van der Waals surface area contributed by atoms with E-state index in [0.29, 0.717) is 13.0 Å². The van der Waals surface area contributed by atoms with Gasteiger partial charge in [0.15, 0.2) is 0 Å². The highest BCUT2D eigenvalue weighted by Gasteiger charge is 2.53. The molecule has 1 aromatic rings. The molecule has 3 atom stereocenters. The molecule has 2 N–H and O–H groups in total. The van der Waals surface area contributed by atoms with E-state index in [9.17, 15) is 14.7 Å². The minimum Gasteiger partial charge on any atom is -0.394 e. The Labute approximate surface area is 166 Å². The number of carbonyl (C=O) groups excluding carboxylic acids is 2. The summed E-state index contributed by atoms with van der Waals surface area (Å²) in [5, 5.41) is 13.0.